The highest BCUT2D eigenvalue weighted by Gasteiger charge is 2.38. The number of hydroxylamine groups is 1. The molecule has 0 radical (unpaired) electrons. The minimum absolute atomic E-state index is 0.0321. The average Bonchev–Trinajstić information content (AvgIpc) is 3.60. The first-order valence-electron chi connectivity index (χ1n) is 13.1. The molecule has 14 nitrogen and oxygen atoms in total. The Morgan fingerprint density at radius 2 is 1.65 bits per heavy atom. The molecule has 1 atom stereocenters. The quantitative estimate of drug-likeness (QED) is 0.137. The van der Waals surface area contributed by atoms with E-state index < -0.39 is 27.9 Å². The summed E-state index contributed by atoms with van der Waals surface area (Å²) in [7, 11) is -2.70. The summed E-state index contributed by atoms with van der Waals surface area (Å²) in [5.41, 5.74) is 2.89. The van der Waals surface area contributed by atoms with Crippen LogP contribution in [0.2, 0.25) is 0 Å². The first kappa shape index (κ1) is 31.1. The van der Waals surface area contributed by atoms with Crippen LogP contribution in [0.15, 0.2) is 41.6 Å². The van der Waals surface area contributed by atoms with Gasteiger partial charge in [0.1, 0.15) is 11.8 Å². The van der Waals surface area contributed by atoms with Gasteiger partial charge < -0.3 is 9.47 Å². The van der Waals surface area contributed by atoms with E-state index in [2.05, 4.69) is 27.5 Å². The van der Waals surface area contributed by atoms with Crippen LogP contribution in [0.4, 0.5) is 0 Å². The van der Waals surface area contributed by atoms with Crippen LogP contribution in [0.3, 0.4) is 0 Å². The number of nitrogens with zero attached hydrogens (tertiary/aromatic N) is 7. The number of nitrogens with one attached hydrogen (secondary N) is 1. The summed E-state index contributed by atoms with van der Waals surface area (Å²) in [5, 5.41) is 25.8. The third-order valence-corrected chi connectivity index (χ3v) is 8.03. The molecule has 0 saturated heterocycles. The first-order valence-corrected chi connectivity index (χ1v) is 14.6. The van der Waals surface area contributed by atoms with Crippen molar-refractivity contribution in [1.82, 2.24) is 39.8 Å². The van der Waals surface area contributed by atoms with Crippen molar-refractivity contribution in [3.8, 4) is 5.75 Å². The summed E-state index contributed by atoms with van der Waals surface area (Å²) in [4.78, 5) is 12.5. The van der Waals surface area contributed by atoms with E-state index in [0.29, 0.717) is 37.7 Å². The lowest BCUT2D eigenvalue weighted by atomic mass is 10.0. The molecule has 0 aliphatic rings. The summed E-state index contributed by atoms with van der Waals surface area (Å²) < 4.78 is 42.5. The van der Waals surface area contributed by atoms with Gasteiger partial charge in [-0.15, -0.1) is 10.2 Å². The van der Waals surface area contributed by atoms with Crippen molar-refractivity contribution in [2.45, 2.75) is 70.6 Å². The van der Waals surface area contributed by atoms with Gasteiger partial charge in [0.05, 0.1) is 56.2 Å². The Balaban J connectivity index is 1.65. The van der Waals surface area contributed by atoms with Crippen molar-refractivity contribution in [3.05, 3.63) is 48.0 Å². The smallest absolute Gasteiger partial charge is 0.262 e. The molecule has 2 heterocycles. The molecule has 3 rings (SSSR count). The molecule has 3 aromatic rings. The SMILES string of the molecule is CCCCc1cn(CCOCCn2cc(CN([C@@H](C(=O)NO)C(C)C)S(=O)(=O)c3ccc(OC)cc3)nn2)nn1. The molecule has 220 valence electrons. The van der Waals surface area contributed by atoms with Crippen LogP contribution >= 0.6 is 0 Å². The van der Waals surface area contributed by atoms with E-state index in [9.17, 15) is 18.4 Å². The van der Waals surface area contributed by atoms with E-state index in [1.165, 1.54) is 31.4 Å². The average molecular weight is 579 g/mol. The maximum atomic E-state index is 13.7. The summed E-state index contributed by atoms with van der Waals surface area (Å²) in [5.74, 6) is -0.823. The molecule has 0 fully saturated rings. The number of ether oxygens (including phenoxy) is 2. The number of benzene rings is 1. The van der Waals surface area contributed by atoms with Crippen LogP contribution in [-0.2, 0) is 45.6 Å². The Kier molecular flexibility index (Phi) is 11.5. The predicted molar refractivity (Wildman–Crippen MR) is 144 cm³/mol. The minimum atomic E-state index is -4.18. The van der Waals surface area contributed by atoms with Crippen LogP contribution in [0.1, 0.15) is 45.0 Å². The fourth-order valence-corrected chi connectivity index (χ4v) is 5.76. The minimum Gasteiger partial charge on any atom is -0.497 e. The van der Waals surface area contributed by atoms with Gasteiger partial charge in [-0.3, -0.25) is 10.0 Å². The summed E-state index contributed by atoms with van der Waals surface area (Å²) in [6, 6.07) is 4.63. The van der Waals surface area contributed by atoms with Gasteiger partial charge >= 0.3 is 0 Å². The predicted octanol–water partition coefficient (Wildman–Crippen LogP) is 1.66. The van der Waals surface area contributed by atoms with Crippen LogP contribution in [0.5, 0.6) is 5.75 Å². The molecule has 0 saturated carbocycles. The molecule has 0 aliphatic carbocycles. The van der Waals surface area contributed by atoms with E-state index in [4.69, 9.17) is 9.47 Å². The Morgan fingerprint density at radius 1 is 1.05 bits per heavy atom. The highest BCUT2D eigenvalue weighted by molar-refractivity contribution is 7.89. The number of carbonyl (C=O) groups is 1. The van der Waals surface area contributed by atoms with E-state index in [-0.39, 0.29) is 11.4 Å². The number of hydrogen-bond donors (Lipinski definition) is 2. The second-order valence-corrected chi connectivity index (χ2v) is 11.4. The van der Waals surface area contributed by atoms with E-state index in [1.807, 2.05) is 6.20 Å². The molecule has 0 unspecified atom stereocenters. The van der Waals surface area contributed by atoms with Crippen molar-refractivity contribution in [3.63, 3.8) is 0 Å². The fraction of sp³-hybridized carbons (Fsp3) is 0.560. The third kappa shape index (κ3) is 8.30. The van der Waals surface area contributed by atoms with Gasteiger partial charge in [0.25, 0.3) is 5.91 Å². The lowest BCUT2D eigenvalue weighted by Gasteiger charge is -2.31. The Morgan fingerprint density at radius 3 is 2.20 bits per heavy atom. The third-order valence-electron chi connectivity index (χ3n) is 6.19. The Hall–Kier alpha value is -3.40. The molecule has 40 heavy (non-hydrogen) atoms. The second-order valence-electron chi connectivity index (χ2n) is 9.55. The maximum Gasteiger partial charge on any atom is 0.262 e. The molecule has 2 N–H and O–H groups in total. The molecule has 1 aromatic carbocycles. The summed E-state index contributed by atoms with van der Waals surface area (Å²) in [6.45, 7) is 7.04. The van der Waals surface area contributed by atoms with E-state index >= 15 is 0 Å². The number of rotatable bonds is 17. The Labute approximate surface area is 234 Å². The van der Waals surface area contributed by atoms with Gasteiger partial charge in [-0.25, -0.2) is 23.3 Å². The number of unbranched alkanes of at least 4 members (excludes halogenated alkanes) is 1. The van der Waals surface area contributed by atoms with Gasteiger partial charge in [-0.05, 0) is 43.0 Å². The van der Waals surface area contributed by atoms with Gasteiger partial charge in [-0.1, -0.05) is 37.6 Å². The fourth-order valence-electron chi connectivity index (χ4n) is 4.07. The highest BCUT2D eigenvalue weighted by Crippen LogP contribution is 2.26. The number of aromatic nitrogens is 6. The number of hydrogen-bond acceptors (Lipinski definition) is 10. The monoisotopic (exact) mass is 578 g/mol. The van der Waals surface area contributed by atoms with Crippen LogP contribution in [-0.4, -0.2) is 80.2 Å². The summed E-state index contributed by atoms with van der Waals surface area (Å²) in [6.07, 6.45) is 6.62. The lowest BCUT2D eigenvalue weighted by molar-refractivity contribution is -0.134. The van der Waals surface area contributed by atoms with Crippen molar-refractivity contribution in [2.24, 2.45) is 5.92 Å². The van der Waals surface area contributed by atoms with Crippen LogP contribution in [0, 0.1) is 5.92 Å². The van der Waals surface area contributed by atoms with Crippen LogP contribution < -0.4 is 10.2 Å². The molecule has 15 heteroatoms. The van der Waals surface area contributed by atoms with Crippen molar-refractivity contribution in [1.29, 1.82) is 0 Å². The molecule has 0 aliphatic heterocycles. The zero-order valence-electron chi connectivity index (χ0n) is 23.3. The Bertz CT molecular complexity index is 1310. The maximum absolute atomic E-state index is 13.7. The number of aryl methyl sites for hydroxylation is 1. The van der Waals surface area contributed by atoms with Crippen molar-refractivity contribution < 1.29 is 27.9 Å². The largest absolute Gasteiger partial charge is 0.497 e. The molecule has 1 amide bonds. The highest BCUT2D eigenvalue weighted by atomic mass is 32.2. The van der Waals surface area contributed by atoms with Crippen molar-refractivity contribution >= 4 is 15.9 Å². The number of carbonyl (C=O) groups excluding carboxylic acids is 1. The number of amides is 1. The zero-order chi connectivity index (χ0) is 29.1. The topological polar surface area (TPSA) is 167 Å². The van der Waals surface area contributed by atoms with Gasteiger partial charge in [-0.2, -0.15) is 4.31 Å². The number of sulfonamides is 1. The first-order chi connectivity index (χ1) is 19.2. The molecule has 0 bridgehead atoms. The van der Waals surface area contributed by atoms with Crippen molar-refractivity contribution in [2.75, 3.05) is 20.3 Å². The number of methoxy groups -OCH3 is 1. The van der Waals surface area contributed by atoms with Gasteiger partial charge in [0.2, 0.25) is 10.0 Å². The van der Waals surface area contributed by atoms with Crippen LogP contribution in [0.25, 0.3) is 0 Å². The summed E-state index contributed by atoms with van der Waals surface area (Å²) >= 11 is 0. The van der Waals surface area contributed by atoms with E-state index in [0.717, 1.165) is 29.3 Å². The molecular weight excluding hydrogens is 540 g/mol. The molecule has 0 spiro atoms. The normalized spacial score (nSPS) is 12.7. The molecular formula is C25H38N8O6S. The second kappa shape index (κ2) is 14.8. The van der Waals surface area contributed by atoms with Gasteiger partial charge in [0.15, 0.2) is 0 Å². The standard InChI is InChI=1S/C25H38N8O6S/c1-5-6-7-20-16-31(29-26-20)12-14-39-15-13-32-17-21(27-30-32)18-33(24(19(2)3)25(34)28-35)40(36,37)23-10-8-22(38-4)9-11-23/h8-11,16-17,19,24,35H,5-7,12-15,18H2,1-4H3,(H,28,34)/t24-/m1/s1. The van der Waals surface area contributed by atoms with E-state index in [1.54, 1.807) is 34.9 Å². The van der Waals surface area contributed by atoms with Gasteiger partial charge in [0, 0.05) is 12.4 Å². The lowest BCUT2D eigenvalue weighted by Crippen LogP contribution is -2.51. The zero-order valence-corrected chi connectivity index (χ0v) is 24.1. The molecule has 2 aromatic heterocycles.